The maximum Gasteiger partial charge on any atom is 0.135 e. The van der Waals surface area contributed by atoms with Crippen molar-refractivity contribution in [2.75, 3.05) is 31.4 Å². The van der Waals surface area contributed by atoms with E-state index < -0.39 is 0 Å². The number of hydrogen-bond donors (Lipinski definition) is 1. The monoisotopic (exact) mass is 279 g/mol. The molecule has 0 amide bonds. The zero-order valence-electron chi connectivity index (χ0n) is 11.2. The third-order valence-electron chi connectivity index (χ3n) is 2.18. The molecule has 3 nitrogen and oxygen atoms in total. The van der Waals surface area contributed by atoms with E-state index in [4.69, 9.17) is 4.74 Å². The summed E-state index contributed by atoms with van der Waals surface area (Å²) in [5.74, 6) is 2.31. The number of ketones is 1. The van der Waals surface area contributed by atoms with Crippen molar-refractivity contribution >= 4 is 27.4 Å². The summed E-state index contributed by atoms with van der Waals surface area (Å²) in [4.78, 5) is 11.3. The third-order valence-corrected chi connectivity index (χ3v) is 4.27. The average Bonchev–Trinajstić information content (AvgIpc) is 2.31. The van der Waals surface area contributed by atoms with Gasteiger partial charge in [-0.15, -0.1) is 0 Å². The van der Waals surface area contributed by atoms with Crippen LogP contribution in [-0.4, -0.2) is 37.2 Å². The van der Waals surface area contributed by atoms with Gasteiger partial charge in [0.1, 0.15) is 11.7 Å². The largest absolute Gasteiger partial charge is 0.370 e. The Labute approximate surface area is 113 Å². The maximum atomic E-state index is 11.3. The summed E-state index contributed by atoms with van der Waals surface area (Å²) in [7, 11) is 3.56. The zero-order valence-corrected chi connectivity index (χ0v) is 12.8. The Kier molecular flexibility index (Phi) is 13.0. The first kappa shape index (κ1) is 17.3. The lowest BCUT2D eigenvalue weighted by molar-refractivity contribution is -0.122. The Morgan fingerprint density at radius 3 is 2.76 bits per heavy atom. The molecule has 0 spiro atoms. The molecule has 0 unspecified atom stereocenters. The number of hydrogen-bond acceptors (Lipinski definition) is 5. The van der Waals surface area contributed by atoms with Gasteiger partial charge in [-0.25, -0.2) is 0 Å². The molecule has 0 rings (SSSR count). The SMILES string of the molecule is CCNCCSSCOCCCC(=O)C(C)C. The van der Waals surface area contributed by atoms with Gasteiger partial charge in [0.15, 0.2) is 0 Å². The van der Waals surface area contributed by atoms with E-state index in [1.165, 1.54) is 0 Å². The third kappa shape index (κ3) is 12.5. The Morgan fingerprint density at radius 2 is 2.12 bits per heavy atom. The van der Waals surface area contributed by atoms with Gasteiger partial charge in [-0.2, -0.15) is 0 Å². The molecule has 1 N–H and O–H groups in total. The topological polar surface area (TPSA) is 38.3 Å². The molecule has 0 aromatic rings. The van der Waals surface area contributed by atoms with Gasteiger partial charge in [-0.05, 0) is 13.0 Å². The predicted molar refractivity (Wildman–Crippen MR) is 78.5 cm³/mol. The smallest absolute Gasteiger partial charge is 0.135 e. The number of nitrogens with one attached hydrogen (secondary N) is 1. The van der Waals surface area contributed by atoms with Crippen molar-refractivity contribution < 1.29 is 9.53 Å². The van der Waals surface area contributed by atoms with E-state index in [9.17, 15) is 4.79 Å². The Morgan fingerprint density at radius 1 is 1.35 bits per heavy atom. The summed E-state index contributed by atoms with van der Waals surface area (Å²) in [6.45, 7) is 8.78. The molecule has 0 heterocycles. The van der Waals surface area contributed by atoms with E-state index in [1.54, 1.807) is 10.8 Å². The van der Waals surface area contributed by atoms with Gasteiger partial charge in [0.25, 0.3) is 0 Å². The number of ether oxygens (including phenoxy) is 1. The normalized spacial score (nSPS) is 11.1. The molecular formula is C12H25NO2S2. The quantitative estimate of drug-likeness (QED) is 0.338. The van der Waals surface area contributed by atoms with E-state index in [-0.39, 0.29) is 5.92 Å². The number of carbonyl (C=O) groups is 1. The summed E-state index contributed by atoms with van der Waals surface area (Å²) in [6.07, 6.45) is 1.50. The van der Waals surface area contributed by atoms with Crippen LogP contribution in [0.15, 0.2) is 0 Å². The van der Waals surface area contributed by atoms with Gasteiger partial charge >= 0.3 is 0 Å². The van der Waals surface area contributed by atoms with Crippen molar-refractivity contribution in [3.8, 4) is 0 Å². The fourth-order valence-electron chi connectivity index (χ4n) is 1.11. The number of Topliss-reactive ketones (excluding diaryl/α,β-unsaturated/α-hetero) is 1. The van der Waals surface area contributed by atoms with Crippen LogP contribution in [0.25, 0.3) is 0 Å². The van der Waals surface area contributed by atoms with Crippen molar-refractivity contribution in [2.24, 2.45) is 5.92 Å². The van der Waals surface area contributed by atoms with E-state index in [2.05, 4.69) is 12.2 Å². The first-order valence-corrected chi connectivity index (χ1v) is 8.72. The van der Waals surface area contributed by atoms with Crippen molar-refractivity contribution in [3.63, 3.8) is 0 Å². The molecule has 0 saturated heterocycles. The number of carbonyl (C=O) groups excluding carboxylic acids is 1. The second kappa shape index (κ2) is 12.7. The highest BCUT2D eigenvalue weighted by Crippen LogP contribution is 2.20. The highest BCUT2D eigenvalue weighted by molar-refractivity contribution is 8.76. The molecule has 0 radical (unpaired) electrons. The summed E-state index contributed by atoms with van der Waals surface area (Å²) in [6, 6.07) is 0. The predicted octanol–water partition coefficient (Wildman–Crippen LogP) is 2.96. The van der Waals surface area contributed by atoms with Crippen LogP contribution in [0.3, 0.4) is 0 Å². The van der Waals surface area contributed by atoms with Crippen molar-refractivity contribution in [2.45, 2.75) is 33.6 Å². The minimum Gasteiger partial charge on any atom is -0.370 e. The standard InChI is InChI=1S/C12H25NO2S2/c1-4-13-7-9-16-17-10-15-8-5-6-12(14)11(2)3/h11,13H,4-10H2,1-3H3. The molecule has 0 aliphatic rings. The van der Waals surface area contributed by atoms with Crippen LogP contribution < -0.4 is 5.32 Å². The minimum absolute atomic E-state index is 0.158. The van der Waals surface area contributed by atoms with Crippen LogP contribution in [-0.2, 0) is 9.53 Å². The van der Waals surface area contributed by atoms with Crippen LogP contribution in [0.2, 0.25) is 0 Å². The Bertz CT molecular complexity index is 189. The molecular weight excluding hydrogens is 254 g/mol. The van der Waals surface area contributed by atoms with Crippen LogP contribution in [0, 0.1) is 5.92 Å². The van der Waals surface area contributed by atoms with E-state index in [0.717, 1.165) is 25.3 Å². The molecule has 0 atom stereocenters. The van der Waals surface area contributed by atoms with Crippen molar-refractivity contribution in [1.29, 1.82) is 0 Å². The van der Waals surface area contributed by atoms with Crippen LogP contribution in [0.5, 0.6) is 0 Å². The molecule has 0 bridgehead atoms. The van der Waals surface area contributed by atoms with Gasteiger partial charge < -0.3 is 10.1 Å². The van der Waals surface area contributed by atoms with Gasteiger partial charge in [-0.1, -0.05) is 42.4 Å². The lowest BCUT2D eigenvalue weighted by Gasteiger charge is -2.05. The van der Waals surface area contributed by atoms with Gasteiger partial charge in [0.05, 0.1) is 0 Å². The van der Waals surface area contributed by atoms with Gasteiger partial charge in [0.2, 0.25) is 0 Å². The lowest BCUT2D eigenvalue weighted by atomic mass is 10.1. The molecule has 0 aliphatic carbocycles. The molecule has 5 heteroatoms. The first-order chi connectivity index (χ1) is 8.18. The molecule has 0 aromatic heterocycles. The summed E-state index contributed by atoms with van der Waals surface area (Å²) in [5.41, 5.74) is 0. The molecule has 0 saturated carbocycles. The Hall–Kier alpha value is 0.290. The van der Waals surface area contributed by atoms with Crippen LogP contribution >= 0.6 is 21.6 Å². The number of rotatable bonds is 12. The van der Waals surface area contributed by atoms with Gasteiger partial charge in [0, 0.05) is 31.2 Å². The summed E-state index contributed by atoms with van der Waals surface area (Å²) < 4.78 is 5.44. The molecule has 102 valence electrons. The Balaban J connectivity index is 3.06. The van der Waals surface area contributed by atoms with Crippen LogP contribution in [0.4, 0.5) is 0 Å². The van der Waals surface area contributed by atoms with Gasteiger partial charge in [-0.3, -0.25) is 4.79 Å². The second-order valence-corrected chi connectivity index (χ2v) is 6.57. The molecule has 0 aromatic carbocycles. The lowest BCUT2D eigenvalue weighted by Crippen LogP contribution is -2.15. The van der Waals surface area contributed by atoms with Crippen molar-refractivity contribution in [1.82, 2.24) is 5.32 Å². The fraction of sp³-hybridized carbons (Fsp3) is 0.917. The first-order valence-electron chi connectivity index (χ1n) is 6.24. The van der Waals surface area contributed by atoms with Crippen LogP contribution in [0.1, 0.15) is 33.6 Å². The fourth-order valence-corrected chi connectivity index (χ4v) is 2.72. The highest BCUT2D eigenvalue weighted by atomic mass is 33.1. The molecule has 17 heavy (non-hydrogen) atoms. The minimum atomic E-state index is 0.158. The highest BCUT2D eigenvalue weighted by Gasteiger charge is 2.05. The van der Waals surface area contributed by atoms with E-state index in [0.29, 0.717) is 24.7 Å². The van der Waals surface area contributed by atoms with Crippen molar-refractivity contribution in [3.05, 3.63) is 0 Å². The van der Waals surface area contributed by atoms with E-state index >= 15 is 0 Å². The molecule has 0 aliphatic heterocycles. The summed E-state index contributed by atoms with van der Waals surface area (Å²) in [5, 5.41) is 3.27. The van der Waals surface area contributed by atoms with E-state index in [1.807, 2.05) is 24.6 Å². The second-order valence-electron chi connectivity index (χ2n) is 4.04. The molecule has 0 fully saturated rings. The zero-order chi connectivity index (χ0) is 12.9. The average molecular weight is 279 g/mol. The maximum absolute atomic E-state index is 11.3. The summed E-state index contributed by atoms with van der Waals surface area (Å²) >= 11 is 0.